The minimum atomic E-state index is 0.383. The maximum atomic E-state index is 2.45. The van der Waals surface area contributed by atoms with Gasteiger partial charge in [-0.2, -0.15) is 0 Å². The minimum Gasteiger partial charge on any atom is -0.0622 e. The van der Waals surface area contributed by atoms with Crippen LogP contribution in [0, 0.1) is 22.2 Å². The molecule has 0 saturated carbocycles. The summed E-state index contributed by atoms with van der Waals surface area (Å²) in [5, 5.41) is 0. The van der Waals surface area contributed by atoms with Crippen LogP contribution in [-0.2, 0) is 0 Å². The molecule has 14 heavy (non-hydrogen) atoms. The lowest BCUT2D eigenvalue weighted by Gasteiger charge is -2.49. The molecule has 0 radical (unpaired) electrons. The molecule has 1 atom stereocenters. The van der Waals surface area contributed by atoms with E-state index >= 15 is 0 Å². The van der Waals surface area contributed by atoms with Crippen molar-refractivity contribution in [2.24, 2.45) is 22.2 Å². The summed E-state index contributed by atoms with van der Waals surface area (Å²) in [7, 11) is 0. The third kappa shape index (κ3) is 3.29. The first kappa shape index (κ1) is 14.0. The molecule has 0 unspecified atom stereocenters. The summed E-state index contributed by atoms with van der Waals surface area (Å²) in [4.78, 5) is 0. The summed E-state index contributed by atoms with van der Waals surface area (Å²) >= 11 is 0. The zero-order valence-electron chi connectivity index (χ0n) is 11.8. The lowest BCUT2D eigenvalue weighted by molar-refractivity contribution is 0.00766. The van der Waals surface area contributed by atoms with Gasteiger partial charge in [-0.15, -0.1) is 0 Å². The second-order valence-corrected chi connectivity index (χ2v) is 7.56. The molecule has 0 fully saturated rings. The van der Waals surface area contributed by atoms with Gasteiger partial charge in [0.2, 0.25) is 0 Å². The van der Waals surface area contributed by atoms with Crippen LogP contribution < -0.4 is 0 Å². The molecule has 0 aliphatic rings. The first-order valence-electron chi connectivity index (χ1n) is 5.90. The van der Waals surface area contributed by atoms with E-state index in [0.29, 0.717) is 16.2 Å². The molecule has 0 spiro atoms. The fourth-order valence-electron chi connectivity index (χ4n) is 2.44. The Bertz CT molecular complexity index is 175. The average Bonchev–Trinajstić information content (AvgIpc) is 1.79. The Balaban J connectivity index is 4.94. The van der Waals surface area contributed by atoms with E-state index in [-0.39, 0.29) is 0 Å². The highest BCUT2D eigenvalue weighted by atomic mass is 14.5. The Kier molecular flexibility index (Phi) is 3.87. The van der Waals surface area contributed by atoms with E-state index in [9.17, 15) is 0 Å². The number of hydrogen-bond donors (Lipinski definition) is 0. The summed E-state index contributed by atoms with van der Waals surface area (Å²) in [5.41, 5.74) is 1.23. The largest absolute Gasteiger partial charge is 0.0622 e. The highest BCUT2D eigenvalue weighted by molar-refractivity contribution is 4.91. The predicted molar refractivity (Wildman–Crippen MR) is 66.5 cm³/mol. The first-order valence-corrected chi connectivity index (χ1v) is 5.90. The maximum Gasteiger partial charge on any atom is -0.0249 e. The molecule has 0 amide bonds. The normalized spacial score (nSPS) is 18.4. The van der Waals surface area contributed by atoms with Gasteiger partial charge in [0.1, 0.15) is 0 Å². The van der Waals surface area contributed by atoms with Gasteiger partial charge >= 0.3 is 0 Å². The van der Waals surface area contributed by atoms with E-state index in [0.717, 1.165) is 5.92 Å². The molecule has 86 valence electrons. The molecule has 0 N–H and O–H groups in total. The number of hydrogen-bond acceptors (Lipinski definition) is 0. The van der Waals surface area contributed by atoms with Crippen LogP contribution in [0.25, 0.3) is 0 Å². The molecule has 0 aromatic carbocycles. The fraction of sp³-hybridized carbons (Fsp3) is 1.00. The van der Waals surface area contributed by atoms with Crippen LogP contribution >= 0.6 is 0 Å². The molecule has 0 aliphatic carbocycles. The van der Waals surface area contributed by atoms with Gasteiger partial charge in [-0.1, -0.05) is 62.3 Å². The van der Waals surface area contributed by atoms with E-state index < -0.39 is 0 Å². The van der Waals surface area contributed by atoms with Crippen molar-refractivity contribution < 1.29 is 0 Å². The van der Waals surface area contributed by atoms with E-state index in [4.69, 9.17) is 0 Å². The summed E-state index contributed by atoms with van der Waals surface area (Å²) in [5.74, 6) is 0.738. The molecular formula is C14H30. The van der Waals surface area contributed by atoms with E-state index in [1.165, 1.54) is 6.42 Å². The van der Waals surface area contributed by atoms with Crippen molar-refractivity contribution in [3.63, 3.8) is 0 Å². The lowest BCUT2D eigenvalue weighted by atomic mass is 9.56. The van der Waals surface area contributed by atoms with E-state index in [1.54, 1.807) is 0 Å². The van der Waals surface area contributed by atoms with Crippen molar-refractivity contribution in [3.05, 3.63) is 0 Å². The quantitative estimate of drug-likeness (QED) is 0.577. The Morgan fingerprint density at radius 1 is 0.786 bits per heavy atom. The molecule has 0 aromatic rings. The van der Waals surface area contributed by atoms with Crippen LogP contribution in [0.2, 0.25) is 0 Å². The first-order chi connectivity index (χ1) is 5.90. The van der Waals surface area contributed by atoms with Crippen molar-refractivity contribution in [2.45, 2.75) is 68.7 Å². The average molecular weight is 198 g/mol. The standard InChI is InChI=1S/C14H30/c1-11(2)14(9,13(6,7)8)10-12(3,4)5/h11H,10H2,1-9H3/t14-/m1/s1. The smallest absolute Gasteiger partial charge is 0.0249 e. The van der Waals surface area contributed by atoms with Gasteiger partial charge in [0.05, 0.1) is 0 Å². The monoisotopic (exact) mass is 198 g/mol. The number of rotatable bonds is 2. The summed E-state index contributed by atoms with van der Waals surface area (Å²) < 4.78 is 0. The van der Waals surface area contributed by atoms with Crippen molar-refractivity contribution in [1.82, 2.24) is 0 Å². The second kappa shape index (κ2) is 3.87. The molecule has 0 aromatic heterocycles. The van der Waals surface area contributed by atoms with Gasteiger partial charge in [-0.25, -0.2) is 0 Å². The van der Waals surface area contributed by atoms with Crippen LogP contribution in [0.1, 0.15) is 68.7 Å². The molecule has 0 bridgehead atoms. The van der Waals surface area contributed by atoms with Crippen LogP contribution in [0.3, 0.4) is 0 Å². The Hall–Kier alpha value is 0. The lowest BCUT2D eigenvalue weighted by Crippen LogP contribution is -2.40. The topological polar surface area (TPSA) is 0 Å². The van der Waals surface area contributed by atoms with Crippen molar-refractivity contribution in [3.8, 4) is 0 Å². The Morgan fingerprint density at radius 2 is 1.14 bits per heavy atom. The summed E-state index contributed by atoms with van der Waals surface area (Å²) in [6.45, 7) is 21.3. The zero-order chi connectivity index (χ0) is 11.8. The van der Waals surface area contributed by atoms with E-state index in [1.807, 2.05) is 0 Å². The zero-order valence-corrected chi connectivity index (χ0v) is 11.8. The Morgan fingerprint density at radius 3 is 1.21 bits per heavy atom. The molecule has 0 nitrogen and oxygen atoms in total. The van der Waals surface area contributed by atoms with Crippen LogP contribution in [-0.4, -0.2) is 0 Å². The molecule has 0 rings (SSSR count). The second-order valence-electron chi connectivity index (χ2n) is 7.56. The summed E-state index contributed by atoms with van der Waals surface area (Å²) in [6.07, 6.45) is 1.29. The van der Waals surface area contributed by atoms with Gasteiger partial charge in [-0.3, -0.25) is 0 Å². The van der Waals surface area contributed by atoms with Crippen molar-refractivity contribution in [2.75, 3.05) is 0 Å². The maximum absolute atomic E-state index is 2.45. The van der Waals surface area contributed by atoms with Crippen LogP contribution in [0.15, 0.2) is 0 Å². The van der Waals surface area contributed by atoms with Gasteiger partial charge in [0, 0.05) is 0 Å². The third-order valence-electron chi connectivity index (χ3n) is 3.89. The van der Waals surface area contributed by atoms with Gasteiger partial charge < -0.3 is 0 Å². The SMILES string of the molecule is CC(C)[C@@](C)(CC(C)(C)C)C(C)(C)C. The molecule has 0 saturated heterocycles. The van der Waals surface area contributed by atoms with Crippen molar-refractivity contribution in [1.29, 1.82) is 0 Å². The van der Waals surface area contributed by atoms with Crippen molar-refractivity contribution >= 4 is 0 Å². The Labute approximate surface area is 91.5 Å². The van der Waals surface area contributed by atoms with Crippen LogP contribution in [0.5, 0.6) is 0 Å². The molecule has 0 heteroatoms. The predicted octanol–water partition coefficient (Wildman–Crippen LogP) is 5.13. The molecule has 0 aliphatic heterocycles. The van der Waals surface area contributed by atoms with E-state index in [2.05, 4.69) is 62.3 Å². The molecular weight excluding hydrogens is 168 g/mol. The minimum absolute atomic E-state index is 0.383. The van der Waals surface area contributed by atoms with Crippen LogP contribution in [0.4, 0.5) is 0 Å². The highest BCUT2D eigenvalue weighted by Gasteiger charge is 2.42. The van der Waals surface area contributed by atoms with Gasteiger partial charge in [-0.05, 0) is 28.6 Å². The van der Waals surface area contributed by atoms with Gasteiger partial charge in [0.15, 0.2) is 0 Å². The molecule has 0 heterocycles. The summed E-state index contributed by atoms with van der Waals surface area (Å²) in [6, 6.07) is 0. The third-order valence-corrected chi connectivity index (χ3v) is 3.89. The van der Waals surface area contributed by atoms with Gasteiger partial charge in [0.25, 0.3) is 0 Å². The highest BCUT2D eigenvalue weighted by Crippen LogP contribution is 2.51. The fourth-order valence-corrected chi connectivity index (χ4v) is 2.44.